The fourth-order valence-corrected chi connectivity index (χ4v) is 1.64. The van der Waals surface area contributed by atoms with Gasteiger partial charge < -0.3 is 15.8 Å². The lowest BCUT2D eigenvalue weighted by Gasteiger charge is -2.07. The SMILES string of the molecule is COC(=O)c1c(NC(C)C)nn(CC(C)C)c1N. The number of methoxy groups -OCH3 is 1. The van der Waals surface area contributed by atoms with E-state index in [4.69, 9.17) is 10.5 Å². The fourth-order valence-electron chi connectivity index (χ4n) is 1.64. The molecule has 0 aromatic carbocycles. The van der Waals surface area contributed by atoms with E-state index in [-0.39, 0.29) is 6.04 Å². The zero-order chi connectivity index (χ0) is 13.9. The van der Waals surface area contributed by atoms with Crippen LogP contribution in [0.25, 0.3) is 0 Å². The van der Waals surface area contributed by atoms with Crippen LogP contribution < -0.4 is 11.1 Å². The van der Waals surface area contributed by atoms with Crippen LogP contribution in [0.1, 0.15) is 38.1 Å². The standard InChI is InChI=1S/C12H22N4O2/c1-7(2)6-16-10(13)9(12(17)18-5)11(15-16)14-8(3)4/h7-8H,6,13H2,1-5H3,(H,14,15). The Kier molecular flexibility index (Phi) is 4.58. The molecule has 0 aliphatic heterocycles. The largest absolute Gasteiger partial charge is 0.465 e. The summed E-state index contributed by atoms with van der Waals surface area (Å²) in [5.41, 5.74) is 6.28. The van der Waals surface area contributed by atoms with E-state index in [0.717, 1.165) is 0 Å². The topological polar surface area (TPSA) is 82.2 Å². The summed E-state index contributed by atoms with van der Waals surface area (Å²) in [6, 6.07) is 0.162. The Morgan fingerprint density at radius 2 is 2.06 bits per heavy atom. The van der Waals surface area contributed by atoms with E-state index >= 15 is 0 Å². The van der Waals surface area contributed by atoms with Crippen LogP contribution in [0.3, 0.4) is 0 Å². The lowest BCUT2D eigenvalue weighted by Crippen LogP contribution is -2.14. The molecule has 0 amide bonds. The van der Waals surface area contributed by atoms with Crippen LogP contribution >= 0.6 is 0 Å². The summed E-state index contributed by atoms with van der Waals surface area (Å²) in [5, 5.41) is 7.45. The molecule has 0 bridgehead atoms. The van der Waals surface area contributed by atoms with E-state index in [0.29, 0.717) is 29.7 Å². The number of carbonyl (C=O) groups is 1. The number of nitrogens with zero attached hydrogens (tertiary/aromatic N) is 2. The predicted octanol–water partition coefficient (Wildman–Crippen LogP) is 1.73. The van der Waals surface area contributed by atoms with Crippen molar-refractivity contribution in [3.63, 3.8) is 0 Å². The van der Waals surface area contributed by atoms with Crippen LogP contribution in [0.5, 0.6) is 0 Å². The zero-order valence-electron chi connectivity index (χ0n) is 11.7. The molecule has 102 valence electrons. The Morgan fingerprint density at radius 1 is 1.44 bits per heavy atom. The summed E-state index contributed by atoms with van der Waals surface area (Å²) < 4.78 is 6.39. The predicted molar refractivity (Wildman–Crippen MR) is 71.6 cm³/mol. The number of ether oxygens (including phenoxy) is 1. The highest BCUT2D eigenvalue weighted by molar-refractivity contribution is 5.99. The van der Waals surface area contributed by atoms with E-state index in [2.05, 4.69) is 24.3 Å². The highest BCUT2D eigenvalue weighted by Gasteiger charge is 2.23. The van der Waals surface area contributed by atoms with Gasteiger partial charge in [-0.25, -0.2) is 9.48 Å². The second-order valence-corrected chi connectivity index (χ2v) is 4.98. The van der Waals surface area contributed by atoms with Gasteiger partial charge in [0.1, 0.15) is 11.4 Å². The summed E-state index contributed by atoms with van der Waals surface area (Å²) >= 11 is 0. The highest BCUT2D eigenvalue weighted by atomic mass is 16.5. The molecule has 0 saturated carbocycles. The Morgan fingerprint density at radius 3 is 2.50 bits per heavy atom. The van der Waals surface area contributed by atoms with E-state index in [1.165, 1.54) is 7.11 Å². The van der Waals surface area contributed by atoms with Crippen LogP contribution in [0, 0.1) is 5.92 Å². The molecular formula is C12H22N4O2. The first-order valence-corrected chi connectivity index (χ1v) is 6.07. The van der Waals surface area contributed by atoms with Gasteiger partial charge >= 0.3 is 5.97 Å². The molecule has 1 heterocycles. The van der Waals surface area contributed by atoms with Crippen molar-refractivity contribution in [2.24, 2.45) is 5.92 Å². The zero-order valence-corrected chi connectivity index (χ0v) is 11.7. The van der Waals surface area contributed by atoms with E-state index < -0.39 is 5.97 Å². The maximum atomic E-state index is 11.7. The number of nitrogen functional groups attached to an aromatic ring is 1. The molecule has 0 radical (unpaired) electrons. The minimum absolute atomic E-state index is 0.162. The Hall–Kier alpha value is -1.72. The first-order chi connectivity index (χ1) is 8.36. The molecule has 0 aliphatic carbocycles. The quantitative estimate of drug-likeness (QED) is 0.782. The van der Waals surface area contributed by atoms with Gasteiger partial charge in [0.25, 0.3) is 0 Å². The number of hydrogen-bond acceptors (Lipinski definition) is 5. The van der Waals surface area contributed by atoms with Crippen LogP contribution in [-0.4, -0.2) is 28.9 Å². The maximum absolute atomic E-state index is 11.7. The second-order valence-electron chi connectivity index (χ2n) is 4.98. The molecular weight excluding hydrogens is 232 g/mol. The Labute approximate surface area is 107 Å². The van der Waals surface area contributed by atoms with Crippen LogP contribution in [0.15, 0.2) is 0 Å². The summed E-state index contributed by atoms with van der Waals surface area (Å²) in [4.78, 5) is 11.7. The second kappa shape index (κ2) is 5.75. The summed E-state index contributed by atoms with van der Waals surface area (Å²) in [6.07, 6.45) is 0. The molecule has 0 unspecified atom stereocenters. The molecule has 1 aromatic rings. The third-order valence-electron chi connectivity index (χ3n) is 2.34. The van der Waals surface area contributed by atoms with Gasteiger partial charge in [0.15, 0.2) is 5.82 Å². The molecule has 18 heavy (non-hydrogen) atoms. The van der Waals surface area contributed by atoms with E-state index in [1.54, 1.807) is 4.68 Å². The molecule has 0 saturated heterocycles. The molecule has 0 spiro atoms. The van der Waals surface area contributed by atoms with Crippen molar-refractivity contribution >= 4 is 17.6 Å². The van der Waals surface area contributed by atoms with Crippen LogP contribution in [0.2, 0.25) is 0 Å². The van der Waals surface area contributed by atoms with Gasteiger partial charge in [-0.2, -0.15) is 5.10 Å². The van der Waals surface area contributed by atoms with Crippen molar-refractivity contribution in [1.29, 1.82) is 0 Å². The molecule has 0 aliphatic rings. The molecule has 1 rings (SSSR count). The molecule has 0 fully saturated rings. The number of hydrogen-bond donors (Lipinski definition) is 2. The Bertz CT molecular complexity index is 424. The summed E-state index contributed by atoms with van der Waals surface area (Å²) in [6.45, 7) is 8.73. The summed E-state index contributed by atoms with van der Waals surface area (Å²) in [5.74, 6) is 0.754. The van der Waals surface area contributed by atoms with Gasteiger partial charge in [0.2, 0.25) is 0 Å². The van der Waals surface area contributed by atoms with E-state index in [1.807, 2.05) is 13.8 Å². The monoisotopic (exact) mass is 254 g/mol. The van der Waals surface area contributed by atoms with Gasteiger partial charge in [0, 0.05) is 12.6 Å². The van der Waals surface area contributed by atoms with Gasteiger partial charge in [-0.15, -0.1) is 0 Å². The fraction of sp³-hybridized carbons (Fsp3) is 0.667. The number of nitrogens with two attached hydrogens (primary N) is 1. The minimum atomic E-state index is -0.467. The van der Waals surface area contributed by atoms with Crippen molar-refractivity contribution < 1.29 is 9.53 Å². The maximum Gasteiger partial charge on any atom is 0.345 e. The Balaban J connectivity index is 3.18. The smallest absolute Gasteiger partial charge is 0.345 e. The lowest BCUT2D eigenvalue weighted by atomic mass is 10.2. The third kappa shape index (κ3) is 3.15. The minimum Gasteiger partial charge on any atom is -0.465 e. The number of aromatic nitrogens is 2. The first kappa shape index (κ1) is 14.3. The molecule has 0 atom stereocenters. The van der Waals surface area contributed by atoms with E-state index in [9.17, 15) is 4.79 Å². The molecule has 6 heteroatoms. The normalized spacial score (nSPS) is 11.1. The first-order valence-electron chi connectivity index (χ1n) is 6.07. The number of nitrogens with one attached hydrogen (secondary N) is 1. The third-order valence-corrected chi connectivity index (χ3v) is 2.34. The van der Waals surface area contributed by atoms with Crippen molar-refractivity contribution in [3.05, 3.63) is 5.56 Å². The lowest BCUT2D eigenvalue weighted by molar-refractivity contribution is 0.0603. The van der Waals surface area contributed by atoms with Gasteiger partial charge in [-0.1, -0.05) is 13.8 Å². The molecule has 3 N–H and O–H groups in total. The number of esters is 1. The van der Waals surface area contributed by atoms with Gasteiger partial charge in [-0.3, -0.25) is 0 Å². The average molecular weight is 254 g/mol. The van der Waals surface area contributed by atoms with Gasteiger partial charge in [0.05, 0.1) is 7.11 Å². The number of rotatable bonds is 5. The van der Waals surface area contributed by atoms with Gasteiger partial charge in [-0.05, 0) is 19.8 Å². The highest BCUT2D eigenvalue weighted by Crippen LogP contribution is 2.24. The summed E-state index contributed by atoms with van der Waals surface area (Å²) in [7, 11) is 1.33. The van der Waals surface area contributed by atoms with Crippen LogP contribution in [-0.2, 0) is 11.3 Å². The molecule has 6 nitrogen and oxygen atoms in total. The van der Waals surface area contributed by atoms with Crippen molar-refractivity contribution in [1.82, 2.24) is 9.78 Å². The van der Waals surface area contributed by atoms with Crippen molar-refractivity contribution in [2.75, 3.05) is 18.2 Å². The van der Waals surface area contributed by atoms with Crippen molar-refractivity contribution in [2.45, 2.75) is 40.3 Å². The number of carbonyl (C=O) groups excluding carboxylic acids is 1. The molecule has 1 aromatic heterocycles. The number of anilines is 2. The van der Waals surface area contributed by atoms with Crippen LogP contribution in [0.4, 0.5) is 11.6 Å². The average Bonchev–Trinajstić information content (AvgIpc) is 2.53. The van der Waals surface area contributed by atoms with Crippen molar-refractivity contribution in [3.8, 4) is 0 Å².